The van der Waals surface area contributed by atoms with Crippen molar-refractivity contribution in [1.29, 1.82) is 0 Å². The van der Waals surface area contributed by atoms with Gasteiger partial charge in [-0.2, -0.15) is 11.8 Å². The van der Waals surface area contributed by atoms with Crippen LogP contribution in [0.1, 0.15) is 31.3 Å². The molecule has 0 aromatic carbocycles. The highest BCUT2D eigenvalue weighted by molar-refractivity contribution is 7.98. The number of aromatic nitrogens is 2. The molecule has 2 aromatic heterocycles. The summed E-state index contributed by atoms with van der Waals surface area (Å²) in [5, 5.41) is 8.10. The average Bonchev–Trinajstić information content (AvgIpc) is 2.83. The normalized spacial score (nSPS) is 12.1. The van der Waals surface area contributed by atoms with Gasteiger partial charge in [0.25, 0.3) is 5.89 Å². The van der Waals surface area contributed by atoms with Crippen LogP contribution in [0.3, 0.4) is 0 Å². The van der Waals surface area contributed by atoms with Crippen molar-refractivity contribution in [2.45, 2.75) is 39.0 Å². The Kier molecular flexibility index (Phi) is 4.01. The molecule has 0 atom stereocenters. The Labute approximate surface area is 117 Å². The van der Waals surface area contributed by atoms with Crippen molar-refractivity contribution in [2.24, 2.45) is 5.73 Å². The smallest absolute Gasteiger partial charge is 0.251 e. The van der Waals surface area contributed by atoms with Gasteiger partial charge in [0.05, 0.1) is 11.3 Å². The second-order valence-corrected chi connectivity index (χ2v) is 6.29. The third kappa shape index (κ3) is 3.84. The Morgan fingerprint density at radius 1 is 1.26 bits per heavy atom. The third-order valence-corrected chi connectivity index (χ3v) is 3.84. The van der Waals surface area contributed by atoms with Crippen LogP contribution in [-0.2, 0) is 5.75 Å². The predicted octanol–water partition coefficient (Wildman–Crippen LogP) is 2.92. The number of thioether (sulfide) groups is 1. The minimum Gasteiger partial charge on any atom is -0.466 e. The molecule has 104 valence electrons. The third-order valence-electron chi connectivity index (χ3n) is 2.44. The van der Waals surface area contributed by atoms with E-state index in [1.807, 2.05) is 33.8 Å². The van der Waals surface area contributed by atoms with Crippen molar-refractivity contribution in [1.82, 2.24) is 10.2 Å². The van der Waals surface area contributed by atoms with E-state index in [1.165, 1.54) is 0 Å². The second kappa shape index (κ2) is 5.38. The molecule has 5 nitrogen and oxygen atoms in total. The van der Waals surface area contributed by atoms with E-state index < -0.39 is 0 Å². The maximum atomic E-state index is 5.92. The van der Waals surface area contributed by atoms with Gasteiger partial charge in [-0.05, 0) is 33.8 Å². The van der Waals surface area contributed by atoms with Gasteiger partial charge in [0.15, 0.2) is 0 Å². The lowest BCUT2D eigenvalue weighted by Crippen LogP contribution is -2.34. The van der Waals surface area contributed by atoms with Crippen molar-refractivity contribution in [2.75, 3.05) is 5.75 Å². The zero-order valence-electron chi connectivity index (χ0n) is 11.7. The lowest BCUT2D eigenvalue weighted by atomic mass is 10.1. The topological polar surface area (TPSA) is 78.1 Å². The van der Waals surface area contributed by atoms with Gasteiger partial charge in [-0.3, -0.25) is 0 Å². The zero-order valence-corrected chi connectivity index (χ0v) is 12.5. The molecule has 0 radical (unpaired) electrons. The maximum absolute atomic E-state index is 5.92. The number of furan rings is 1. The van der Waals surface area contributed by atoms with Gasteiger partial charge in [0.2, 0.25) is 5.89 Å². The molecule has 19 heavy (non-hydrogen) atoms. The van der Waals surface area contributed by atoms with Crippen LogP contribution in [0.15, 0.2) is 14.9 Å². The Bertz CT molecular complexity index is 554. The van der Waals surface area contributed by atoms with E-state index >= 15 is 0 Å². The molecule has 0 bridgehead atoms. The SMILES string of the molecule is Cc1cc(-c2nnc(CSCC(C)(C)N)o2)c(C)o1. The van der Waals surface area contributed by atoms with E-state index in [0.717, 1.165) is 22.8 Å². The van der Waals surface area contributed by atoms with Gasteiger partial charge < -0.3 is 14.6 Å². The summed E-state index contributed by atoms with van der Waals surface area (Å²) in [7, 11) is 0. The number of aryl methyl sites for hydroxylation is 2. The van der Waals surface area contributed by atoms with Gasteiger partial charge in [-0.1, -0.05) is 0 Å². The Hall–Kier alpha value is -1.27. The van der Waals surface area contributed by atoms with Crippen molar-refractivity contribution in [3.8, 4) is 11.5 Å². The summed E-state index contributed by atoms with van der Waals surface area (Å²) in [4.78, 5) is 0. The van der Waals surface area contributed by atoms with E-state index in [-0.39, 0.29) is 5.54 Å². The summed E-state index contributed by atoms with van der Waals surface area (Å²) >= 11 is 1.69. The highest BCUT2D eigenvalue weighted by Crippen LogP contribution is 2.26. The molecule has 0 amide bonds. The monoisotopic (exact) mass is 281 g/mol. The summed E-state index contributed by atoms with van der Waals surface area (Å²) in [6.45, 7) is 7.78. The molecule has 2 aromatic rings. The average molecular weight is 281 g/mol. The fourth-order valence-electron chi connectivity index (χ4n) is 1.67. The number of rotatable bonds is 5. The molecule has 2 N–H and O–H groups in total. The lowest BCUT2D eigenvalue weighted by Gasteiger charge is -2.16. The van der Waals surface area contributed by atoms with Crippen molar-refractivity contribution in [3.63, 3.8) is 0 Å². The van der Waals surface area contributed by atoms with Crippen LogP contribution in [0.4, 0.5) is 0 Å². The van der Waals surface area contributed by atoms with Gasteiger partial charge >= 0.3 is 0 Å². The Balaban J connectivity index is 2.01. The van der Waals surface area contributed by atoms with Crippen molar-refractivity contribution < 1.29 is 8.83 Å². The molecular formula is C13H19N3O2S. The molecular weight excluding hydrogens is 262 g/mol. The predicted molar refractivity (Wildman–Crippen MR) is 75.9 cm³/mol. The first-order valence-electron chi connectivity index (χ1n) is 6.11. The quantitative estimate of drug-likeness (QED) is 0.908. The molecule has 6 heteroatoms. The molecule has 0 saturated heterocycles. The molecule has 0 saturated carbocycles. The number of hydrogen-bond acceptors (Lipinski definition) is 6. The van der Waals surface area contributed by atoms with E-state index in [9.17, 15) is 0 Å². The van der Waals surface area contributed by atoms with Crippen LogP contribution >= 0.6 is 11.8 Å². The summed E-state index contributed by atoms with van der Waals surface area (Å²) in [5.74, 6) is 4.27. The Morgan fingerprint density at radius 2 is 2.00 bits per heavy atom. The largest absolute Gasteiger partial charge is 0.466 e. The van der Waals surface area contributed by atoms with Gasteiger partial charge in [0.1, 0.15) is 11.5 Å². The first-order valence-corrected chi connectivity index (χ1v) is 7.27. The van der Waals surface area contributed by atoms with Crippen molar-refractivity contribution >= 4 is 11.8 Å². The standard InChI is InChI=1S/C13H19N3O2S/c1-8-5-10(9(2)17-8)12-16-15-11(18-12)6-19-7-13(3,4)14/h5H,6-7,14H2,1-4H3. The van der Waals surface area contributed by atoms with Gasteiger partial charge in [0, 0.05) is 11.3 Å². The minimum absolute atomic E-state index is 0.189. The van der Waals surface area contributed by atoms with E-state index in [4.69, 9.17) is 14.6 Å². The minimum atomic E-state index is -0.189. The summed E-state index contributed by atoms with van der Waals surface area (Å²) in [5.41, 5.74) is 6.59. The fourth-order valence-corrected chi connectivity index (χ4v) is 2.58. The lowest BCUT2D eigenvalue weighted by molar-refractivity contribution is 0.499. The van der Waals surface area contributed by atoms with Crippen LogP contribution < -0.4 is 5.73 Å². The molecule has 2 rings (SSSR count). The van der Waals surface area contributed by atoms with Crippen LogP contribution in [0.5, 0.6) is 0 Å². The first kappa shape index (κ1) is 14.1. The number of nitrogens with two attached hydrogens (primary N) is 1. The molecule has 0 aliphatic carbocycles. The van der Waals surface area contributed by atoms with Gasteiger partial charge in [-0.25, -0.2) is 0 Å². The number of nitrogens with zero attached hydrogens (tertiary/aromatic N) is 2. The number of hydrogen-bond donors (Lipinski definition) is 1. The highest BCUT2D eigenvalue weighted by atomic mass is 32.2. The summed E-state index contributed by atoms with van der Waals surface area (Å²) < 4.78 is 11.1. The van der Waals surface area contributed by atoms with Crippen molar-refractivity contribution in [3.05, 3.63) is 23.5 Å². The molecule has 0 fully saturated rings. The summed E-state index contributed by atoms with van der Waals surface area (Å²) in [6, 6.07) is 1.91. The summed E-state index contributed by atoms with van der Waals surface area (Å²) in [6.07, 6.45) is 0. The second-order valence-electron chi connectivity index (χ2n) is 5.31. The van der Waals surface area contributed by atoms with E-state index in [2.05, 4.69) is 10.2 Å². The maximum Gasteiger partial charge on any atom is 0.251 e. The fraction of sp³-hybridized carbons (Fsp3) is 0.538. The van der Waals surface area contributed by atoms with Crippen LogP contribution in [0.2, 0.25) is 0 Å². The molecule has 0 aliphatic rings. The van der Waals surface area contributed by atoms with E-state index in [1.54, 1.807) is 11.8 Å². The first-order chi connectivity index (χ1) is 8.85. The highest BCUT2D eigenvalue weighted by Gasteiger charge is 2.16. The molecule has 0 unspecified atom stereocenters. The zero-order chi connectivity index (χ0) is 14.0. The van der Waals surface area contributed by atoms with Crippen LogP contribution in [0, 0.1) is 13.8 Å². The van der Waals surface area contributed by atoms with Gasteiger partial charge in [-0.15, -0.1) is 10.2 Å². The van der Waals surface area contributed by atoms with Crippen LogP contribution in [-0.4, -0.2) is 21.5 Å². The van der Waals surface area contributed by atoms with Crippen LogP contribution in [0.25, 0.3) is 11.5 Å². The molecule has 0 spiro atoms. The Morgan fingerprint density at radius 3 is 2.58 bits per heavy atom. The molecule has 2 heterocycles. The van der Waals surface area contributed by atoms with E-state index in [0.29, 0.717) is 17.5 Å². The molecule has 0 aliphatic heterocycles.